The Balaban J connectivity index is 1.94. The molecule has 102 valence electrons. The molecule has 0 saturated carbocycles. The monoisotopic (exact) mass is 281 g/mol. The summed E-state index contributed by atoms with van der Waals surface area (Å²) in [5, 5.41) is 11.2. The highest BCUT2D eigenvalue weighted by molar-refractivity contribution is 7.15. The predicted molar refractivity (Wildman–Crippen MR) is 72.2 cm³/mol. The van der Waals surface area contributed by atoms with E-state index in [0.29, 0.717) is 18.3 Å². The van der Waals surface area contributed by atoms with Crippen molar-refractivity contribution < 1.29 is 14.6 Å². The molecule has 1 aliphatic rings. The molecule has 0 aliphatic carbocycles. The highest BCUT2D eigenvalue weighted by Crippen LogP contribution is 2.29. The van der Waals surface area contributed by atoms with E-state index in [-0.39, 0.29) is 5.69 Å². The molecule has 0 bridgehead atoms. The molecule has 19 heavy (non-hydrogen) atoms. The van der Waals surface area contributed by atoms with Gasteiger partial charge in [0.05, 0.1) is 6.61 Å². The maximum Gasteiger partial charge on any atom is 0.356 e. The number of carbonyl (C=O) groups is 1. The minimum Gasteiger partial charge on any atom is -0.476 e. The zero-order chi connectivity index (χ0) is 13.4. The molecule has 1 unspecified atom stereocenters. The number of aromatic nitrogens is 2. The quantitative estimate of drug-likeness (QED) is 0.921. The van der Waals surface area contributed by atoms with E-state index in [1.807, 2.05) is 10.3 Å². The van der Waals surface area contributed by atoms with Gasteiger partial charge in [-0.1, -0.05) is 0 Å². The van der Waals surface area contributed by atoms with Crippen molar-refractivity contribution in [1.29, 1.82) is 0 Å². The van der Waals surface area contributed by atoms with Gasteiger partial charge in [0.15, 0.2) is 16.5 Å². The molecule has 6 nitrogen and oxygen atoms in total. The van der Waals surface area contributed by atoms with Gasteiger partial charge in [-0.2, -0.15) is 0 Å². The molecule has 0 amide bonds. The van der Waals surface area contributed by atoms with Gasteiger partial charge in [0.25, 0.3) is 0 Å². The van der Waals surface area contributed by atoms with E-state index in [2.05, 4.69) is 4.98 Å². The summed E-state index contributed by atoms with van der Waals surface area (Å²) in [4.78, 5) is 18.7. The van der Waals surface area contributed by atoms with Crippen LogP contribution in [0.2, 0.25) is 0 Å². The zero-order valence-corrected chi connectivity index (χ0v) is 11.4. The van der Waals surface area contributed by atoms with Crippen molar-refractivity contribution in [3.8, 4) is 0 Å². The number of anilines is 1. The third-order valence-electron chi connectivity index (χ3n) is 3.43. The number of thiazole rings is 1. The molecule has 1 fully saturated rings. The largest absolute Gasteiger partial charge is 0.476 e. The molecule has 0 radical (unpaired) electrons. The SMILES string of the molecule is COCC1CCN(c2nc3sccn3c2C(=O)O)C1. The van der Waals surface area contributed by atoms with Crippen molar-refractivity contribution in [3.05, 3.63) is 17.3 Å². The molecule has 3 rings (SSSR count). The first-order valence-corrected chi connectivity index (χ1v) is 7.01. The summed E-state index contributed by atoms with van der Waals surface area (Å²) >= 11 is 1.45. The van der Waals surface area contributed by atoms with Crippen LogP contribution in [0.3, 0.4) is 0 Å². The van der Waals surface area contributed by atoms with Gasteiger partial charge in [0.2, 0.25) is 0 Å². The van der Waals surface area contributed by atoms with Crippen molar-refractivity contribution in [2.45, 2.75) is 6.42 Å². The summed E-state index contributed by atoms with van der Waals surface area (Å²) < 4.78 is 6.81. The standard InChI is InChI=1S/C12H15N3O3S/c1-18-7-8-2-3-14(6-8)10-9(11(16)17)15-4-5-19-12(15)13-10/h4-5,8H,2-3,6-7H2,1H3,(H,16,17). The highest BCUT2D eigenvalue weighted by atomic mass is 32.1. The molecule has 2 aromatic heterocycles. The third-order valence-corrected chi connectivity index (χ3v) is 4.19. The van der Waals surface area contributed by atoms with Crippen LogP contribution in [0.1, 0.15) is 16.9 Å². The number of rotatable bonds is 4. The molecule has 2 aromatic rings. The van der Waals surface area contributed by atoms with Gasteiger partial charge in [-0.15, -0.1) is 11.3 Å². The third kappa shape index (κ3) is 2.08. The topological polar surface area (TPSA) is 67.1 Å². The van der Waals surface area contributed by atoms with Crippen LogP contribution in [0.5, 0.6) is 0 Å². The fraction of sp³-hybridized carbons (Fsp3) is 0.500. The van der Waals surface area contributed by atoms with Gasteiger partial charge in [0.1, 0.15) is 0 Å². The smallest absolute Gasteiger partial charge is 0.356 e. The van der Waals surface area contributed by atoms with E-state index in [0.717, 1.165) is 24.5 Å². The molecule has 7 heteroatoms. The molecule has 3 heterocycles. The van der Waals surface area contributed by atoms with Gasteiger partial charge in [-0.05, 0) is 6.42 Å². The molecule has 1 aliphatic heterocycles. The Labute approximate surface area is 114 Å². The minimum absolute atomic E-state index is 0.259. The molecule has 0 spiro atoms. The molecular weight excluding hydrogens is 266 g/mol. The number of nitrogens with zero attached hydrogens (tertiary/aromatic N) is 3. The molecular formula is C12H15N3O3S. The summed E-state index contributed by atoms with van der Waals surface area (Å²) in [6.07, 6.45) is 2.76. The first-order valence-electron chi connectivity index (χ1n) is 6.13. The highest BCUT2D eigenvalue weighted by Gasteiger charge is 2.29. The molecule has 1 saturated heterocycles. The Bertz CT molecular complexity index is 606. The van der Waals surface area contributed by atoms with Crippen LogP contribution in [-0.4, -0.2) is 47.3 Å². The fourth-order valence-corrected chi connectivity index (χ4v) is 3.30. The lowest BCUT2D eigenvalue weighted by atomic mass is 10.1. The lowest BCUT2D eigenvalue weighted by Gasteiger charge is -2.16. The minimum atomic E-state index is -0.934. The number of hydrogen-bond acceptors (Lipinski definition) is 5. The maximum absolute atomic E-state index is 11.5. The Morgan fingerprint density at radius 2 is 2.53 bits per heavy atom. The molecule has 0 aromatic carbocycles. The maximum atomic E-state index is 11.5. The predicted octanol–water partition coefficient (Wildman–Crippen LogP) is 1.57. The average molecular weight is 281 g/mol. The van der Waals surface area contributed by atoms with E-state index in [4.69, 9.17) is 4.74 Å². The van der Waals surface area contributed by atoms with Crippen molar-refractivity contribution >= 4 is 28.1 Å². The first kappa shape index (κ1) is 12.4. The van der Waals surface area contributed by atoms with Crippen LogP contribution in [0.4, 0.5) is 5.82 Å². The van der Waals surface area contributed by atoms with E-state index < -0.39 is 5.97 Å². The Hall–Kier alpha value is -1.60. The van der Waals surface area contributed by atoms with Crippen LogP contribution in [0, 0.1) is 5.92 Å². The van der Waals surface area contributed by atoms with Crippen molar-refractivity contribution in [1.82, 2.24) is 9.38 Å². The number of hydrogen-bond donors (Lipinski definition) is 1. The normalized spacial score (nSPS) is 19.4. The fourth-order valence-electron chi connectivity index (χ4n) is 2.59. The molecule has 1 N–H and O–H groups in total. The number of aromatic carboxylic acids is 1. The van der Waals surface area contributed by atoms with Crippen LogP contribution in [0.15, 0.2) is 11.6 Å². The summed E-state index contributed by atoms with van der Waals surface area (Å²) in [7, 11) is 1.69. The second-order valence-electron chi connectivity index (χ2n) is 4.70. The van der Waals surface area contributed by atoms with Gasteiger partial charge >= 0.3 is 5.97 Å². The van der Waals surface area contributed by atoms with Crippen molar-refractivity contribution in [3.63, 3.8) is 0 Å². The summed E-state index contributed by atoms with van der Waals surface area (Å²) in [5.74, 6) is 0.0976. The number of fused-ring (bicyclic) bond motifs is 1. The van der Waals surface area contributed by atoms with Crippen molar-refractivity contribution in [2.24, 2.45) is 5.92 Å². The second kappa shape index (κ2) is 4.82. The average Bonchev–Trinajstić information content (AvgIpc) is 3.00. The van der Waals surface area contributed by atoms with E-state index in [9.17, 15) is 9.90 Å². The van der Waals surface area contributed by atoms with Crippen molar-refractivity contribution in [2.75, 3.05) is 31.7 Å². The van der Waals surface area contributed by atoms with Gasteiger partial charge in [-0.3, -0.25) is 4.40 Å². The number of carboxylic acid groups (broad SMARTS) is 1. The van der Waals surface area contributed by atoms with E-state index in [1.165, 1.54) is 11.3 Å². The van der Waals surface area contributed by atoms with Crippen LogP contribution >= 0.6 is 11.3 Å². The first-order chi connectivity index (χ1) is 9.20. The van der Waals surface area contributed by atoms with Crippen LogP contribution < -0.4 is 4.90 Å². The van der Waals surface area contributed by atoms with E-state index >= 15 is 0 Å². The van der Waals surface area contributed by atoms with E-state index in [1.54, 1.807) is 17.7 Å². The lowest BCUT2D eigenvalue weighted by Crippen LogP contribution is -2.23. The zero-order valence-electron chi connectivity index (χ0n) is 10.6. The Morgan fingerprint density at radius 3 is 3.26 bits per heavy atom. The second-order valence-corrected chi connectivity index (χ2v) is 5.57. The number of imidazole rings is 1. The van der Waals surface area contributed by atoms with Gasteiger partial charge in [-0.25, -0.2) is 9.78 Å². The lowest BCUT2D eigenvalue weighted by molar-refractivity contribution is 0.0690. The van der Waals surface area contributed by atoms with Gasteiger partial charge < -0.3 is 14.7 Å². The Kier molecular flexibility index (Phi) is 3.16. The number of ether oxygens (including phenoxy) is 1. The number of carboxylic acids is 1. The van der Waals surface area contributed by atoms with Crippen LogP contribution in [-0.2, 0) is 4.74 Å². The van der Waals surface area contributed by atoms with Crippen LogP contribution in [0.25, 0.3) is 4.96 Å². The Morgan fingerprint density at radius 1 is 1.68 bits per heavy atom. The van der Waals surface area contributed by atoms with Gasteiger partial charge in [0, 0.05) is 37.7 Å². The number of methoxy groups -OCH3 is 1. The summed E-state index contributed by atoms with van der Waals surface area (Å²) in [6.45, 7) is 2.35. The summed E-state index contributed by atoms with van der Waals surface area (Å²) in [5.41, 5.74) is 0.259. The molecule has 1 atom stereocenters. The summed E-state index contributed by atoms with van der Waals surface area (Å²) in [6, 6.07) is 0.